The Labute approximate surface area is 138 Å². The van der Waals surface area contributed by atoms with Gasteiger partial charge >= 0.3 is 6.18 Å². The van der Waals surface area contributed by atoms with Crippen molar-refractivity contribution in [2.24, 2.45) is 0 Å². The second kappa shape index (κ2) is 5.58. The Hall–Kier alpha value is -1.98. The van der Waals surface area contributed by atoms with Gasteiger partial charge in [-0.2, -0.15) is 13.2 Å². The van der Waals surface area contributed by atoms with Crippen molar-refractivity contribution in [2.45, 2.75) is 6.18 Å². The number of halogens is 5. The van der Waals surface area contributed by atoms with E-state index in [1.807, 2.05) is 0 Å². The molecule has 0 saturated carbocycles. The summed E-state index contributed by atoms with van der Waals surface area (Å²) in [5.41, 5.74) is -0.627. The lowest BCUT2D eigenvalue weighted by atomic mass is 10.0. The number of benzene rings is 2. The molecule has 0 spiro atoms. The van der Waals surface area contributed by atoms with Gasteiger partial charge in [-0.25, -0.2) is 0 Å². The number of H-pyrrole nitrogens is 1. The quantitative estimate of drug-likeness (QED) is 0.610. The summed E-state index contributed by atoms with van der Waals surface area (Å²) < 4.78 is 39.5. The van der Waals surface area contributed by atoms with Crippen LogP contribution in [0.3, 0.4) is 0 Å². The Bertz CT molecular complexity index is 964. The van der Waals surface area contributed by atoms with Gasteiger partial charge in [0.2, 0.25) is 5.56 Å². The van der Waals surface area contributed by atoms with Gasteiger partial charge in [0.1, 0.15) is 0 Å². The SMILES string of the molecule is O=c1cc(C(F)(F)F)c2cc(-c3ccc(Cl)cc3Cl)ccc2[nH]1. The zero-order chi connectivity index (χ0) is 16.8. The van der Waals surface area contributed by atoms with E-state index in [-0.39, 0.29) is 10.9 Å². The lowest BCUT2D eigenvalue weighted by molar-refractivity contribution is -0.136. The van der Waals surface area contributed by atoms with Crippen LogP contribution in [-0.4, -0.2) is 4.98 Å². The van der Waals surface area contributed by atoms with E-state index in [0.29, 0.717) is 27.2 Å². The molecule has 0 amide bonds. The normalized spacial score (nSPS) is 11.9. The van der Waals surface area contributed by atoms with E-state index in [1.165, 1.54) is 18.2 Å². The van der Waals surface area contributed by atoms with Crippen molar-refractivity contribution >= 4 is 34.1 Å². The number of nitrogens with one attached hydrogen (secondary N) is 1. The van der Waals surface area contributed by atoms with Crippen molar-refractivity contribution in [2.75, 3.05) is 0 Å². The number of hydrogen-bond donors (Lipinski definition) is 1. The Morgan fingerprint density at radius 2 is 1.70 bits per heavy atom. The molecular weight excluding hydrogens is 350 g/mol. The Morgan fingerprint density at radius 3 is 2.35 bits per heavy atom. The van der Waals surface area contributed by atoms with Crippen LogP contribution in [-0.2, 0) is 6.18 Å². The van der Waals surface area contributed by atoms with Gasteiger partial charge in [-0.1, -0.05) is 35.3 Å². The minimum Gasteiger partial charge on any atom is -0.322 e. The first kappa shape index (κ1) is 15.9. The topological polar surface area (TPSA) is 32.9 Å². The number of fused-ring (bicyclic) bond motifs is 1. The maximum Gasteiger partial charge on any atom is 0.417 e. The fourth-order valence-corrected chi connectivity index (χ4v) is 2.90. The Kier molecular flexibility index (Phi) is 3.86. The van der Waals surface area contributed by atoms with E-state index in [1.54, 1.807) is 18.2 Å². The molecule has 1 heterocycles. The molecule has 7 heteroatoms. The van der Waals surface area contributed by atoms with Crippen LogP contribution in [0.4, 0.5) is 13.2 Å². The van der Waals surface area contributed by atoms with Crippen LogP contribution in [0, 0.1) is 0 Å². The minimum atomic E-state index is -4.63. The number of alkyl halides is 3. The van der Waals surface area contributed by atoms with Gasteiger partial charge in [0.25, 0.3) is 0 Å². The highest BCUT2D eigenvalue weighted by molar-refractivity contribution is 6.36. The molecule has 2 nitrogen and oxygen atoms in total. The van der Waals surface area contributed by atoms with E-state index in [0.717, 1.165) is 0 Å². The highest BCUT2D eigenvalue weighted by atomic mass is 35.5. The smallest absolute Gasteiger partial charge is 0.322 e. The summed E-state index contributed by atoms with van der Waals surface area (Å²) in [6, 6.07) is 9.66. The molecule has 118 valence electrons. The summed E-state index contributed by atoms with van der Waals surface area (Å²) in [6.45, 7) is 0. The second-order valence-electron chi connectivity index (χ2n) is 4.93. The first-order chi connectivity index (χ1) is 10.8. The molecule has 0 fully saturated rings. The molecule has 0 aliphatic heterocycles. The monoisotopic (exact) mass is 357 g/mol. The third kappa shape index (κ3) is 3.07. The van der Waals surface area contributed by atoms with Gasteiger partial charge < -0.3 is 4.98 Å². The summed E-state index contributed by atoms with van der Waals surface area (Å²) in [6.07, 6.45) is -4.63. The molecule has 0 atom stereocenters. The van der Waals surface area contributed by atoms with Gasteiger partial charge in [0, 0.05) is 32.6 Å². The fourth-order valence-electron chi connectivity index (χ4n) is 2.38. The lowest BCUT2D eigenvalue weighted by Crippen LogP contribution is -2.13. The fraction of sp³-hybridized carbons (Fsp3) is 0.0625. The molecule has 1 aromatic heterocycles. The van der Waals surface area contributed by atoms with E-state index in [9.17, 15) is 18.0 Å². The minimum absolute atomic E-state index is 0.0967. The molecule has 0 unspecified atom stereocenters. The highest BCUT2D eigenvalue weighted by Crippen LogP contribution is 2.36. The summed E-state index contributed by atoms with van der Waals surface area (Å²) >= 11 is 11.9. The molecule has 0 saturated heterocycles. The van der Waals surface area contributed by atoms with Crippen molar-refractivity contribution in [3.05, 3.63) is 68.4 Å². The zero-order valence-corrected chi connectivity index (χ0v) is 12.9. The third-order valence-electron chi connectivity index (χ3n) is 3.39. The Morgan fingerprint density at radius 1 is 0.957 bits per heavy atom. The van der Waals surface area contributed by atoms with Gasteiger partial charge in [-0.05, 0) is 29.8 Å². The largest absolute Gasteiger partial charge is 0.417 e. The molecule has 0 radical (unpaired) electrons. The molecule has 1 N–H and O–H groups in total. The average Bonchev–Trinajstić information content (AvgIpc) is 2.45. The average molecular weight is 358 g/mol. The summed E-state index contributed by atoms with van der Waals surface area (Å²) in [4.78, 5) is 13.8. The van der Waals surface area contributed by atoms with Crippen LogP contribution in [0.5, 0.6) is 0 Å². The molecule has 0 aliphatic carbocycles. The third-order valence-corrected chi connectivity index (χ3v) is 3.94. The van der Waals surface area contributed by atoms with E-state index in [4.69, 9.17) is 23.2 Å². The van der Waals surface area contributed by atoms with Crippen LogP contribution in [0.15, 0.2) is 47.3 Å². The molecule has 3 aromatic rings. The van der Waals surface area contributed by atoms with Crippen molar-refractivity contribution in [1.29, 1.82) is 0 Å². The van der Waals surface area contributed by atoms with E-state index >= 15 is 0 Å². The van der Waals surface area contributed by atoms with Crippen LogP contribution >= 0.6 is 23.2 Å². The maximum atomic E-state index is 13.2. The second-order valence-corrected chi connectivity index (χ2v) is 5.77. The maximum absolute atomic E-state index is 13.2. The first-order valence-corrected chi connectivity index (χ1v) is 7.21. The summed E-state index contributed by atoms with van der Waals surface area (Å²) in [5.74, 6) is 0. The molecule has 0 bridgehead atoms. The molecular formula is C16H8Cl2F3NO. The van der Waals surface area contributed by atoms with Crippen molar-refractivity contribution in [3.63, 3.8) is 0 Å². The standard InChI is InChI=1S/C16H8Cl2F3NO/c17-9-2-3-10(13(18)6-9)8-1-4-14-11(5-8)12(16(19,20)21)7-15(23)22-14/h1-7H,(H,22,23). The first-order valence-electron chi connectivity index (χ1n) is 6.45. The van der Waals surface area contributed by atoms with E-state index in [2.05, 4.69) is 4.98 Å². The van der Waals surface area contributed by atoms with Gasteiger partial charge in [-0.3, -0.25) is 4.79 Å². The summed E-state index contributed by atoms with van der Waals surface area (Å²) in [5, 5.41) is 0.662. The van der Waals surface area contributed by atoms with Crippen molar-refractivity contribution in [1.82, 2.24) is 4.98 Å². The molecule has 2 aromatic carbocycles. The zero-order valence-electron chi connectivity index (χ0n) is 11.3. The van der Waals surface area contributed by atoms with Gasteiger partial charge in [0.05, 0.1) is 5.56 Å². The lowest BCUT2D eigenvalue weighted by Gasteiger charge is -2.12. The van der Waals surface area contributed by atoms with Crippen LogP contribution in [0.25, 0.3) is 22.0 Å². The molecule has 23 heavy (non-hydrogen) atoms. The summed E-state index contributed by atoms with van der Waals surface area (Å²) in [7, 11) is 0. The van der Waals surface area contributed by atoms with Gasteiger partial charge in [0.15, 0.2) is 0 Å². The van der Waals surface area contributed by atoms with E-state index < -0.39 is 17.3 Å². The number of rotatable bonds is 1. The van der Waals surface area contributed by atoms with Crippen molar-refractivity contribution < 1.29 is 13.2 Å². The predicted molar refractivity (Wildman–Crippen MR) is 85.0 cm³/mol. The number of pyridine rings is 1. The number of aromatic amines is 1. The van der Waals surface area contributed by atoms with Crippen LogP contribution < -0.4 is 5.56 Å². The van der Waals surface area contributed by atoms with Crippen molar-refractivity contribution in [3.8, 4) is 11.1 Å². The number of hydrogen-bond acceptors (Lipinski definition) is 1. The molecule has 0 aliphatic rings. The highest BCUT2D eigenvalue weighted by Gasteiger charge is 2.33. The number of aromatic nitrogens is 1. The predicted octanol–water partition coefficient (Wildman–Crippen LogP) is 5.52. The molecule has 3 rings (SSSR count). The van der Waals surface area contributed by atoms with Crippen LogP contribution in [0.1, 0.15) is 5.56 Å². The Balaban J connectivity index is 2.30. The van der Waals surface area contributed by atoms with Crippen LogP contribution in [0.2, 0.25) is 10.0 Å². The van der Waals surface area contributed by atoms with Gasteiger partial charge in [-0.15, -0.1) is 0 Å².